The summed E-state index contributed by atoms with van der Waals surface area (Å²) in [5.41, 5.74) is 12.2. The van der Waals surface area contributed by atoms with Gasteiger partial charge < -0.3 is 27.2 Å². The maximum Gasteiger partial charge on any atom is 0.303 e. The van der Waals surface area contributed by atoms with E-state index in [1.807, 2.05) is 0 Å². The Balaban J connectivity index is 1.49. The molecule has 2 fully saturated rings. The Labute approximate surface area is 272 Å². The van der Waals surface area contributed by atoms with E-state index in [4.69, 9.17) is 21.4 Å². The molecule has 1 aromatic heterocycles. The van der Waals surface area contributed by atoms with E-state index >= 15 is 0 Å². The van der Waals surface area contributed by atoms with Gasteiger partial charge in [0.2, 0.25) is 11.9 Å². The Kier molecular flexibility index (Phi) is 15.7. The molecule has 3 rings (SSSR count). The summed E-state index contributed by atoms with van der Waals surface area (Å²) in [5.74, 6) is 1.60. The molecule has 1 saturated heterocycles. The highest BCUT2D eigenvalue weighted by Crippen LogP contribution is 2.44. The summed E-state index contributed by atoms with van der Waals surface area (Å²) in [6, 6.07) is -0.262. The van der Waals surface area contributed by atoms with Crippen LogP contribution < -0.4 is 22.1 Å². The predicted molar refractivity (Wildman–Crippen MR) is 182 cm³/mol. The van der Waals surface area contributed by atoms with Crippen molar-refractivity contribution in [3.05, 3.63) is 5.82 Å². The van der Waals surface area contributed by atoms with Crippen LogP contribution in [0.4, 0.5) is 11.9 Å². The van der Waals surface area contributed by atoms with Crippen molar-refractivity contribution < 1.29 is 14.7 Å². The lowest BCUT2D eigenvalue weighted by molar-refractivity contribution is -0.314. The minimum Gasteiger partial charge on any atom is -0.481 e. The first-order valence-corrected chi connectivity index (χ1v) is 17.9. The van der Waals surface area contributed by atoms with Crippen molar-refractivity contribution in [2.24, 2.45) is 17.4 Å². The third-order valence-corrected chi connectivity index (χ3v) is 9.36. The van der Waals surface area contributed by atoms with Crippen molar-refractivity contribution in [3.8, 4) is 0 Å². The number of nitrogens with zero attached hydrogens (tertiary/aromatic N) is 4. The van der Waals surface area contributed by atoms with E-state index in [0.29, 0.717) is 49.3 Å². The van der Waals surface area contributed by atoms with Crippen LogP contribution in [0.1, 0.15) is 155 Å². The Morgan fingerprint density at radius 1 is 0.889 bits per heavy atom. The van der Waals surface area contributed by atoms with E-state index in [-0.39, 0.29) is 23.5 Å². The minimum absolute atomic E-state index is 0.0200. The fraction of sp³-hybridized carbons (Fsp3) is 0.882. The number of aromatic nitrogens is 3. The molecule has 1 atom stereocenters. The number of carbonyl (C=O) groups is 1. The average molecular weight is 633 g/mol. The van der Waals surface area contributed by atoms with Gasteiger partial charge in [-0.2, -0.15) is 20.0 Å². The molecule has 7 N–H and O–H groups in total. The molecule has 11 heteroatoms. The number of unbranched alkanes of at least 4 members (excludes halogenated alkanes) is 5. The van der Waals surface area contributed by atoms with Crippen LogP contribution in [-0.4, -0.2) is 67.9 Å². The average Bonchev–Trinajstić information content (AvgIpc) is 2.98. The molecule has 2 heterocycles. The summed E-state index contributed by atoms with van der Waals surface area (Å²) in [6.45, 7) is 11.6. The number of piperidine rings is 1. The SMILES string of the molecule is CC1(C)CC(CCCCNc2nc(NCCCCCC(=O)O)nc(C(N)CCCCCN)n2)CC(C)(C)N1OC1CCCCC1. The van der Waals surface area contributed by atoms with Crippen LogP contribution in [0.25, 0.3) is 0 Å². The highest BCUT2D eigenvalue weighted by Gasteiger charge is 2.47. The van der Waals surface area contributed by atoms with Gasteiger partial charge in [-0.3, -0.25) is 9.63 Å². The standard InChI is InChI=1S/C34H64N8O3/c1-33(2)24-26(25-34(3,4)42(33)45-27-17-8-5-9-18-27)16-12-15-23-38-32-40-30(28(36)19-10-6-13-21-35)39-31(41-32)37-22-14-7-11-20-29(43)44/h26-28H,5-25,35-36H2,1-4H3,(H,43,44)(H2,37,38,39,40,41). The van der Waals surface area contributed by atoms with E-state index < -0.39 is 5.97 Å². The van der Waals surface area contributed by atoms with Gasteiger partial charge in [-0.1, -0.05) is 51.4 Å². The van der Waals surface area contributed by atoms with Crippen LogP contribution in [-0.2, 0) is 9.63 Å². The summed E-state index contributed by atoms with van der Waals surface area (Å²) in [7, 11) is 0. The quantitative estimate of drug-likeness (QED) is 0.0932. The molecule has 0 amide bonds. The summed E-state index contributed by atoms with van der Waals surface area (Å²) in [6.07, 6.45) is 18.8. The molecule has 1 unspecified atom stereocenters. The molecule has 0 aromatic carbocycles. The van der Waals surface area contributed by atoms with Gasteiger partial charge >= 0.3 is 5.97 Å². The fourth-order valence-electron chi connectivity index (χ4n) is 7.35. The normalized spacial score (nSPS) is 19.8. The van der Waals surface area contributed by atoms with Crippen LogP contribution in [0.15, 0.2) is 0 Å². The van der Waals surface area contributed by atoms with Gasteiger partial charge in [-0.25, -0.2) is 0 Å². The van der Waals surface area contributed by atoms with Crippen molar-refractivity contribution in [2.75, 3.05) is 30.3 Å². The molecule has 258 valence electrons. The number of nitrogens with two attached hydrogens (primary N) is 2. The van der Waals surface area contributed by atoms with Crippen LogP contribution >= 0.6 is 0 Å². The second kappa shape index (κ2) is 18.9. The molecule has 11 nitrogen and oxygen atoms in total. The van der Waals surface area contributed by atoms with Crippen LogP contribution in [0.5, 0.6) is 0 Å². The number of carboxylic acid groups (broad SMARTS) is 1. The van der Waals surface area contributed by atoms with Gasteiger partial charge in [0.15, 0.2) is 5.82 Å². The van der Waals surface area contributed by atoms with Crippen LogP contribution in [0, 0.1) is 5.92 Å². The Bertz CT molecular complexity index is 984. The molecule has 0 radical (unpaired) electrons. The highest BCUT2D eigenvalue weighted by molar-refractivity contribution is 5.66. The monoisotopic (exact) mass is 633 g/mol. The fourth-order valence-corrected chi connectivity index (χ4v) is 7.35. The van der Waals surface area contributed by atoms with Crippen molar-refractivity contribution in [3.63, 3.8) is 0 Å². The van der Waals surface area contributed by atoms with Crippen molar-refractivity contribution in [2.45, 2.75) is 166 Å². The Morgan fingerprint density at radius 2 is 1.49 bits per heavy atom. The van der Waals surface area contributed by atoms with E-state index in [1.165, 1.54) is 38.5 Å². The van der Waals surface area contributed by atoms with Gasteiger partial charge in [0.05, 0.1) is 12.1 Å². The van der Waals surface area contributed by atoms with E-state index in [9.17, 15) is 4.79 Å². The molecule has 1 aromatic rings. The first kappa shape index (κ1) is 37.4. The minimum atomic E-state index is -0.751. The predicted octanol–water partition coefficient (Wildman–Crippen LogP) is 6.56. The second-order valence-corrected chi connectivity index (χ2v) is 14.7. The highest BCUT2D eigenvalue weighted by atomic mass is 16.7. The van der Waals surface area contributed by atoms with Crippen molar-refractivity contribution in [1.29, 1.82) is 0 Å². The second-order valence-electron chi connectivity index (χ2n) is 14.7. The lowest BCUT2D eigenvalue weighted by atomic mass is 9.73. The van der Waals surface area contributed by atoms with E-state index in [0.717, 1.165) is 70.8 Å². The smallest absolute Gasteiger partial charge is 0.303 e. The van der Waals surface area contributed by atoms with Crippen molar-refractivity contribution >= 4 is 17.9 Å². The third kappa shape index (κ3) is 13.3. The number of anilines is 2. The molecule has 2 aliphatic rings. The number of carboxylic acids is 1. The zero-order valence-electron chi connectivity index (χ0n) is 28.8. The molecule has 0 bridgehead atoms. The zero-order chi connectivity index (χ0) is 32.7. The van der Waals surface area contributed by atoms with Crippen molar-refractivity contribution in [1.82, 2.24) is 20.0 Å². The maximum absolute atomic E-state index is 10.8. The maximum atomic E-state index is 10.8. The number of hydroxylamine groups is 2. The van der Waals surface area contributed by atoms with Gasteiger partial charge in [0.25, 0.3) is 0 Å². The molecule has 1 aliphatic heterocycles. The summed E-state index contributed by atoms with van der Waals surface area (Å²) in [5, 5.41) is 17.9. The van der Waals surface area contributed by atoms with Gasteiger partial charge in [-0.15, -0.1) is 0 Å². The lowest BCUT2D eigenvalue weighted by Crippen LogP contribution is -2.61. The number of aliphatic carboxylic acids is 1. The summed E-state index contributed by atoms with van der Waals surface area (Å²) in [4.78, 5) is 31.4. The lowest BCUT2D eigenvalue weighted by Gasteiger charge is -2.55. The molecular formula is C34H64N8O3. The molecule has 1 saturated carbocycles. The van der Waals surface area contributed by atoms with E-state index in [1.54, 1.807) is 0 Å². The Morgan fingerprint density at radius 3 is 2.09 bits per heavy atom. The summed E-state index contributed by atoms with van der Waals surface area (Å²) >= 11 is 0. The first-order valence-electron chi connectivity index (χ1n) is 17.9. The molecule has 45 heavy (non-hydrogen) atoms. The third-order valence-electron chi connectivity index (χ3n) is 9.36. The number of hydrogen-bond acceptors (Lipinski definition) is 10. The molecule has 0 spiro atoms. The number of nitrogens with one attached hydrogen (secondary N) is 2. The van der Waals surface area contributed by atoms with Gasteiger partial charge in [-0.05, 0) is 97.9 Å². The number of rotatable bonds is 21. The van der Waals surface area contributed by atoms with E-state index in [2.05, 4.69) is 58.3 Å². The first-order chi connectivity index (χ1) is 21.5. The number of hydrogen-bond donors (Lipinski definition) is 5. The van der Waals surface area contributed by atoms with Crippen LogP contribution in [0.2, 0.25) is 0 Å². The molecule has 1 aliphatic carbocycles. The molecular weight excluding hydrogens is 568 g/mol. The van der Waals surface area contributed by atoms with Gasteiger partial charge in [0.1, 0.15) is 0 Å². The topological polar surface area (TPSA) is 165 Å². The Hall–Kier alpha value is -2.08. The summed E-state index contributed by atoms with van der Waals surface area (Å²) < 4.78 is 0. The van der Waals surface area contributed by atoms with Gasteiger partial charge in [0, 0.05) is 30.6 Å². The van der Waals surface area contributed by atoms with Crippen LogP contribution in [0.3, 0.4) is 0 Å². The largest absolute Gasteiger partial charge is 0.481 e. The zero-order valence-corrected chi connectivity index (χ0v) is 28.8.